The maximum Gasteiger partial charge on any atom is 0.140 e. The summed E-state index contributed by atoms with van der Waals surface area (Å²) >= 11 is 0. The van der Waals surface area contributed by atoms with Crippen LogP contribution in [0.4, 0.5) is 5.82 Å². The minimum Gasteiger partial charge on any atom is -0.396 e. The number of nitrogens with one attached hydrogen (secondary N) is 2. The van der Waals surface area contributed by atoms with E-state index < -0.39 is 0 Å². The Balaban J connectivity index is 2.10. The zero-order valence-corrected chi connectivity index (χ0v) is 11.4. The van der Waals surface area contributed by atoms with Crippen molar-refractivity contribution in [3.63, 3.8) is 0 Å². The van der Waals surface area contributed by atoms with Gasteiger partial charge in [0.1, 0.15) is 11.5 Å². The molecule has 4 heteroatoms. The third-order valence-electron chi connectivity index (χ3n) is 3.45. The van der Waals surface area contributed by atoms with Crippen molar-refractivity contribution in [3.8, 4) is 11.1 Å². The molecule has 0 aliphatic rings. The van der Waals surface area contributed by atoms with Crippen molar-refractivity contribution in [2.45, 2.75) is 6.42 Å². The zero-order chi connectivity index (χ0) is 13.9. The van der Waals surface area contributed by atoms with Crippen LogP contribution in [-0.2, 0) is 6.42 Å². The van der Waals surface area contributed by atoms with Crippen molar-refractivity contribution in [1.82, 2.24) is 9.97 Å². The molecule has 3 N–H and O–H groups in total. The van der Waals surface area contributed by atoms with Crippen molar-refractivity contribution < 1.29 is 5.11 Å². The van der Waals surface area contributed by atoms with Crippen molar-refractivity contribution in [2.75, 3.05) is 19.0 Å². The van der Waals surface area contributed by atoms with Crippen molar-refractivity contribution >= 4 is 16.9 Å². The number of aliphatic hydroxyl groups excluding tert-OH is 1. The molecule has 0 amide bonds. The summed E-state index contributed by atoms with van der Waals surface area (Å²) in [4.78, 5) is 7.64. The molecule has 102 valence electrons. The molecule has 0 saturated carbocycles. The zero-order valence-electron chi connectivity index (χ0n) is 11.4. The van der Waals surface area contributed by atoms with Crippen LogP contribution in [0.3, 0.4) is 0 Å². The number of aromatic nitrogens is 2. The summed E-state index contributed by atoms with van der Waals surface area (Å²) in [5.41, 5.74) is 4.32. The standard InChI is InChI=1S/C16H17N3O/c1-17-15-10-14(13-6-8-18-16(13)19-15)12-4-2-11(3-5-12)7-9-20/h2-6,8,10,20H,7,9H2,1H3,(H2,17,18,19). The Morgan fingerprint density at radius 3 is 2.70 bits per heavy atom. The Hall–Kier alpha value is -2.33. The molecule has 0 radical (unpaired) electrons. The van der Waals surface area contributed by atoms with Gasteiger partial charge in [-0.3, -0.25) is 0 Å². The van der Waals surface area contributed by atoms with Gasteiger partial charge in [0.05, 0.1) is 0 Å². The lowest BCUT2D eigenvalue weighted by molar-refractivity contribution is 0.299. The molecule has 3 rings (SSSR count). The lowest BCUT2D eigenvalue weighted by Crippen LogP contribution is -1.94. The molecular formula is C16H17N3O. The fourth-order valence-corrected chi connectivity index (χ4v) is 2.38. The first kappa shape index (κ1) is 12.7. The number of nitrogens with zero attached hydrogens (tertiary/aromatic N) is 1. The summed E-state index contributed by atoms with van der Waals surface area (Å²) in [5.74, 6) is 0.842. The van der Waals surface area contributed by atoms with Gasteiger partial charge in [0.25, 0.3) is 0 Å². The van der Waals surface area contributed by atoms with Crippen LogP contribution in [-0.4, -0.2) is 28.7 Å². The molecule has 0 bridgehead atoms. The van der Waals surface area contributed by atoms with Gasteiger partial charge < -0.3 is 15.4 Å². The van der Waals surface area contributed by atoms with Crippen LogP contribution in [0.2, 0.25) is 0 Å². The van der Waals surface area contributed by atoms with Crippen molar-refractivity contribution in [3.05, 3.63) is 48.2 Å². The SMILES string of the molecule is CNc1cc(-c2ccc(CCO)cc2)c2cc[nH]c2n1. The summed E-state index contributed by atoms with van der Waals surface area (Å²) in [6.45, 7) is 0.181. The van der Waals surface area contributed by atoms with E-state index in [9.17, 15) is 0 Å². The monoisotopic (exact) mass is 267 g/mol. The van der Waals surface area contributed by atoms with Gasteiger partial charge in [-0.2, -0.15) is 0 Å². The molecule has 0 atom stereocenters. The van der Waals surface area contributed by atoms with E-state index in [1.54, 1.807) is 0 Å². The molecule has 2 aromatic heterocycles. The summed E-state index contributed by atoms with van der Waals surface area (Å²) < 4.78 is 0. The second-order valence-corrected chi connectivity index (χ2v) is 4.72. The maximum atomic E-state index is 8.97. The average molecular weight is 267 g/mol. The smallest absolute Gasteiger partial charge is 0.140 e. The topological polar surface area (TPSA) is 60.9 Å². The highest BCUT2D eigenvalue weighted by Crippen LogP contribution is 2.29. The van der Waals surface area contributed by atoms with Crippen molar-refractivity contribution in [1.29, 1.82) is 0 Å². The minimum absolute atomic E-state index is 0.181. The Morgan fingerprint density at radius 2 is 2.00 bits per heavy atom. The Bertz CT molecular complexity index is 716. The molecule has 4 nitrogen and oxygen atoms in total. The van der Waals surface area contributed by atoms with E-state index in [1.165, 1.54) is 0 Å². The number of aliphatic hydroxyl groups is 1. The van der Waals surface area contributed by atoms with Crippen LogP contribution in [0.15, 0.2) is 42.6 Å². The number of aromatic amines is 1. The summed E-state index contributed by atoms with van der Waals surface area (Å²) in [6, 6.07) is 12.4. The van der Waals surface area contributed by atoms with Gasteiger partial charge >= 0.3 is 0 Å². The minimum atomic E-state index is 0.181. The van der Waals surface area contributed by atoms with Crippen LogP contribution in [0.25, 0.3) is 22.2 Å². The van der Waals surface area contributed by atoms with Gasteiger partial charge in [-0.15, -0.1) is 0 Å². The van der Waals surface area contributed by atoms with Crippen LogP contribution < -0.4 is 5.32 Å². The van der Waals surface area contributed by atoms with E-state index in [1.807, 2.05) is 19.3 Å². The molecule has 3 aromatic rings. The van der Waals surface area contributed by atoms with E-state index in [0.29, 0.717) is 6.42 Å². The first-order chi connectivity index (χ1) is 9.81. The number of benzene rings is 1. The number of H-pyrrole nitrogens is 1. The van der Waals surface area contributed by atoms with Gasteiger partial charge in [-0.1, -0.05) is 24.3 Å². The molecular weight excluding hydrogens is 250 g/mol. The number of rotatable bonds is 4. The predicted octanol–water partition coefficient (Wildman–Crippen LogP) is 2.81. The molecule has 0 aliphatic carbocycles. The summed E-state index contributed by atoms with van der Waals surface area (Å²) in [7, 11) is 1.87. The van der Waals surface area contributed by atoms with E-state index >= 15 is 0 Å². The predicted molar refractivity (Wildman–Crippen MR) is 81.9 cm³/mol. The molecule has 0 fully saturated rings. The van der Waals surface area contributed by atoms with E-state index in [4.69, 9.17) is 5.11 Å². The van der Waals surface area contributed by atoms with Crippen LogP contribution in [0.1, 0.15) is 5.56 Å². The molecule has 2 heterocycles. The van der Waals surface area contributed by atoms with E-state index in [2.05, 4.69) is 45.6 Å². The molecule has 0 spiro atoms. The van der Waals surface area contributed by atoms with Gasteiger partial charge in [-0.25, -0.2) is 4.98 Å². The van der Waals surface area contributed by atoms with Crippen LogP contribution >= 0.6 is 0 Å². The third-order valence-corrected chi connectivity index (χ3v) is 3.45. The molecule has 0 aliphatic heterocycles. The Labute approximate surface area is 117 Å². The lowest BCUT2D eigenvalue weighted by atomic mass is 10.0. The highest BCUT2D eigenvalue weighted by Gasteiger charge is 2.08. The molecule has 0 saturated heterocycles. The number of hydrogen-bond donors (Lipinski definition) is 3. The first-order valence-corrected chi connectivity index (χ1v) is 6.68. The largest absolute Gasteiger partial charge is 0.396 e. The Morgan fingerprint density at radius 1 is 1.20 bits per heavy atom. The van der Waals surface area contributed by atoms with Gasteiger partial charge in [0.15, 0.2) is 0 Å². The number of hydrogen-bond acceptors (Lipinski definition) is 3. The lowest BCUT2D eigenvalue weighted by Gasteiger charge is -2.08. The quantitative estimate of drug-likeness (QED) is 0.681. The van der Waals surface area contributed by atoms with Crippen LogP contribution in [0, 0.1) is 0 Å². The first-order valence-electron chi connectivity index (χ1n) is 6.68. The summed E-state index contributed by atoms with van der Waals surface area (Å²) in [6.07, 6.45) is 2.60. The fourth-order valence-electron chi connectivity index (χ4n) is 2.38. The molecule has 1 aromatic carbocycles. The van der Waals surface area contributed by atoms with E-state index in [0.717, 1.165) is 33.5 Å². The average Bonchev–Trinajstić information content (AvgIpc) is 2.95. The van der Waals surface area contributed by atoms with E-state index in [-0.39, 0.29) is 6.61 Å². The normalized spacial score (nSPS) is 10.9. The highest BCUT2D eigenvalue weighted by molar-refractivity contribution is 5.94. The fraction of sp³-hybridized carbons (Fsp3) is 0.188. The number of fused-ring (bicyclic) bond motifs is 1. The van der Waals surface area contributed by atoms with Gasteiger partial charge in [0, 0.05) is 25.2 Å². The maximum absolute atomic E-state index is 8.97. The van der Waals surface area contributed by atoms with Gasteiger partial charge in [0.2, 0.25) is 0 Å². The van der Waals surface area contributed by atoms with Crippen LogP contribution in [0.5, 0.6) is 0 Å². The third kappa shape index (κ3) is 2.26. The molecule has 20 heavy (non-hydrogen) atoms. The number of pyridine rings is 1. The number of anilines is 1. The summed E-state index contributed by atoms with van der Waals surface area (Å²) in [5, 5.41) is 13.2. The second kappa shape index (κ2) is 5.35. The Kier molecular flexibility index (Phi) is 3.39. The van der Waals surface area contributed by atoms with Crippen molar-refractivity contribution in [2.24, 2.45) is 0 Å². The van der Waals surface area contributed by atoms with Gasteiger partial charge in [-0.05, 0) is 35.2 Å². The second-order valence-electron chi connectivity index (χ2n) is 4.72. The molecule has 0 unspecified atom stereocenters. The highest BCUT2D eigenvalue weighted by atomic mass is 16.2.